The van der Waals surface area contributed by atoms with Crippen molar-refractivity contribution in [2.24, 2.45) is 0 Å². The van der Waals surface area contributed by atoms with Gasteiger partial charge in [0.25, 0.3) is 0 Å². The van der Waals surface area contributed by atoms with Gasteiger partial charge < -0.3 is 14.2 Å². The number of fused-ring (bicyclic) bond motifs is 2. The Labute approximate surface area is 317 Å². The normalized spacial score (nSPS) is 26.2. The molecule has 1 fully saturated rings. The molecule has 0 saturated carbocycles. The molecule has 5 rings (SSSR count). The predicted octanol–water partition coefficient (Wildman–Crippen LogP) is 7.53. The molecule has 3 aliphatic rings. The number of alkyl halides is 1. The van der Waals surface area contributed by atoms with Crippen LogP contribution in [0.4, 0.5) is 0 Å². The molecule has 0 aromatic heterocycles. The topological polar surface area (TPSA) is 96.0 Å². The highest BCUT2D eigenvalue weighted by Gasteiger charge is 2.43. The highest BCUT2D eigenvalue weighted by molar-refractivity contribution is 9.10. The second-order valence-electron chi connectivity index (χ2n) is 15.2. The zero-order chi connectivity index (χ0) is 38.0. The van der Waals surface area contributed by atoms with E-state index in [1.165, 1.54) is 24.0 Å². The summed E-state index contributed by atoms with van der Waals surface area (Å²) in [5.41, 5.74) is 3.66. The molecule has 1 heterocycles. The molecule has 0 radical (unpaired) electrons. The standard InChI is InChI=1S/C18H25BrO3S.C18H26O3S.C5H10O/c1-18(9-5-6-10-23(3,4)21)15-12-14(22-2)8-7-13(15)11-16(19)17(18)20;1-18(11-5-6-12-22(3,4)20)16-13-15(21-2)9-7-14(16)8-10-17(18)19;1-5-3-2-4-6-5/h7-8,12,16H,3,5-6,9-11H2,1-2,4H3;7,9,13H,3,5-6,8,10-12H2,1-2,4H3;5H,2-4H2,1H3. The van der Waals surface area contributed by atoms with E-state index < -0.39 is 29.9 Å². The molecule has 6 unspecified atom stereocenters. The SMILES string of the molecule is C=S(C)(=O)CCCCC1(C)C(=O)C(Br)Cc2ccc(OC)cc21.C=S(C)(=O)CCCCC1(C)C(=O)CCc2ccc(OC)cc21.CC1CCCO1. The second-order valence-corrected chi connectivity index (χ2v) is 21.8. The Balaban J connectivity index is 0.000000236. The third kappa shape index (κ3) is 12.5. The predicted molar refractivity (Wildman–Crippen MR) is 220 cm³/mol. The van der Waals surface area contributed by atoms with Gasteiger partial charge in [0.15, 0.2) is 5.78 Å². The van der Waals surface area contributed by atoms with E-state index in [2.05, 4.69) is 46.7 Å². The zero-order valence-electron chi connectivity index (χ0n) is 32.0. The quantitative estimate of drug-likeness (QED) is 0.124. The Morgan fingerprint density at radius 1 is 0.824 bits per heavy atom. The Kier molecular flexibility index (Phi) is 15.9. The Hall–Kier alpha value is -2.14. The van der Waals surface area contributed by atoms with Gasteiger partial charge in [-0.1, -0.05) is 40.9 Å². The number of hydrogen-bond acceptors (Lipinski definition) is 7. The largest absolute Gasteiger partial charge is 0.497 e. The van der Waals surface area contributed by atoms with E-state index in [-0.39, 0.29) is 10.6 Å². The number of hydrogen-bond donors (Lipinski definition) is 0. The molecule has 0 N–H and O–H groups in total. The minimum absolute atomic E-state index is 0.142. The van der Waals surface area contributed by atoms with Crippen LogP contribution in [0.3, 0.4) is 0 Å². The summed E-state index contributed by atoms with van der Waals surface area (Å²) in [5, 5.41) is 0. The van der Waals surface area contributed by atoms with Crippen molar-refractivity contribution < 1.29 is 32.2 Å². The monoisotopic (exact) mass is 808 g/mol. The van der Waals surface area contributed by atoms with Gasteiger partial charge in [-0.3, -0.25) is 18.0 Å². The molecule has 1 aliphatic heterocycles. The third-order valence-electron chi connectivity index (χ3n) is 10.5. The van der Waals surface area contributed by atoms with Crippen LogP contribution in [0.25, 0.3) is 0 Å². The molecule has 2 aromatic rings. The van der Waals surface area contributed by atoms with Gasteiger partial charge in [0, 0.05) is 37.0 Å². The minimum atomic E-state index is -1.96. The van der Waals surface area contributed by atoms with E-state index >= 15 is 0 Å². The van der Waals surface area contributed by atoms with Crippen LogP contribution in [0.2, 0.25) is 0 Å². The number of ether oxygens (including phenoxy) is 3. The van der Waals surface area contributed by atoms with Crippen molar-refractivity contribution in [1.82, 2.24) is 0 Å². The summed E-state index contributed by atoms with van der Waals surface area (Å²) >= 11 is 3.54. The number of carbonyl (C=O) groups excluding carboxylic acids is 2. The van der Waals surface area contributed by atoms with Gasteiger partial charge in [-0.25, -0.2) is 0 Å². The Bertz CT molecular complexity index is 1710. The van der Waals surface area contributed by atoms with Crippen LogP contribution in [0.5, 0.6) is 11.5 Å². The van der Waals surface area contributed by atoms with Crippen LogP contribution in [0.15, 0.2) is 36.4 Å². The molecule has 2 aliphatic carbocycles. The van der Waals surface area contributed by atoms with Crippen molar-refractivity contribution in [2.75, 3.05) is 44.8 Å². The highest BCUT2D eigenvalue weighted by atomic mass is 79.9. The lowest BCUT2D eigenvalue weighted by molar-refractivity contribution is -0.125. The highest BCUT2D eigenvalue weighted by Crippen LogP contribution is 2.42. The molecule has 0 amide bonds. The van der Waals surface area contributed by atoms with Crippen molar-refractivity contribution in [3.8, 4) is 11.5 Å². The van der Waals surface area contributed by atoms with Crippen LogP contribution in [-0.2, 0) is 57.0 Å². The molecule has 0 spiro atoms. The number of rotatable bonds is 12. The molecule has 10 heteroatoms. The van der Waals surface area contributed by atoms with Crippen LogP contribution < -0.4 is 9.47 Å². The van der Waals surface area contributed by atoms with Crippen molar-refractivity contribution in [3.05, 3.63) is 58.7 Å². The summed E-state index contributed by atoms with van der Waals surface area (Å²) in [4.78, 5) is 25.3. The van der Waals surface area contributed by atoms with Gasteiger partial charge in [0.05, 0.1) is 36.0 Å². The first-order valence-corrected chi connectivity index (χ1v) is 23.6. The fraction of sp³-hybridized carbons (Fsp3) is 0.610. The van der Waals surface area contributed by atoms with Crippen molar-refractivity contribution >= 4 is 58.3 Å². The lowest BCUT2D eigenvalue weighted by Crippen LogP contribution is -2.43. The van der Waals surface area contributed by atoms with E-state index in [0.717, 1.165) is 80.6 Å². The van der Waals surface area contributed by atoms with Crippen molar-refractivity contribution in [1.29, 1.82) is 0 Å². The van der Waals surface area contributed by atoms with Crippen LogP contribution in [0, 0.1) is 0 Å². The minimum Gasteiger partial charge on any atom is -0.497 e. The van der Waals surface area contributed by atoms with Gasteiger partial charge in [0.1, 0.15) is 17.3 Å². The van der Waals surface area contributed by atoms with E-state index in [9.17, 15) is 18.0 Å². The van der Waals surface area contributed by atoms with E-state index in [1.807, 2.05) is 38.1 Å². The summed E-state index contributed by atoms with van der Waals surface area (Å²) in [7, 11) is -0.602. The number of carbonyl (C=O) groups is 2. The van der Waals surface area contributed by atoms with Gasteiger partial charge in [-0.2, -0.15) is 0 Å². The van der Waals surface area contributed by atoms with Gasteiger partial charge in [-0.15, -0.1) is 0 Å². The number of halogens is 1. The molecule has 6 atom stereocenters. The van der Waals surface area contributed by atoms with Gasteiger partial charge >= 0.3 is 0 Å². The molecular formula is C41H61BrO7S2. The van der Waals surface area contributed by atoms with E-state index in [4.69, 9.17) is 14.2 Å². The number of Topliss-reactive ketones (excluding diaryl/α,β-unsaturated/α-hetero) is 2. The first-order chi connectivity index (χ1) is 23.8. The molecule has 2 aromatic carbocycles. The Morgan fingerprint density at radius 2 is 1.33 bits per heavy atom. The smallest absolute Gasteiger partial charge is 0.157 e. The summed E-state index contributed by atoms with van der Waals surface area (Å²) in [6.07, 6.45) is 13.6. The average Bonchev–Trinajstić information content (AvgIpc) is 3.56. The second kappa shape index (κ2) is 18.8. The van der Waals surface area contributed by atoms with E-state index in [1.54, 1.807) is 26.7 Å². The lowest BCUT2D eigenvalue weighted by Gasteiger charge is -2.37. The number of aryl methyl sites for hydroxylation is 1. The maximum absolute atomic E-state index is 12.8. The van der Waals surface area contributed by atoms with Crippen LogP contribution in [-0.4, -0.2) is 87.5 Å². The number of ketones is 2. The number of benzene rings is 2. The number of methoxy groups -OCH3 is 2. The molecular weight excluding hydrogens is 748 g/mol. The molecule has 7 nitrogen and oxygen atoms in total. The number of unbranched alkanes of at least 4 members (excludes halogenated alkanes) is 2. The maximum atomic E-state index is 12.8. The fourth-order valence-corrected chi connectivity index (χ4v) is 9.75. The van der Waals surface area contributed by atoms with Crippen LogP contribution >= 0.6 is 15.9 Å². The lowest BCUT2D eigenvalue weighted by atomic mass is 9.67. The summed E-state index contributed by atoms with van der Waals surface area (Å²) < 4.78 is 39.2. The van der Waals surface area contributed by atoms with E-state index in [0.29, 0.717) is 29.8 Å². The fourth-order valence-electron chi connectivity index (χ4n) is 7.27. The summed E-state index contributed by atoms with van der Waals surface area (Å²) in [6.45, 7) is 7.17. The van der Waals surface area contributed by atoms with Gasteiger partial charge in [-0.05, 0) is 149 Å². The maximum Gasteiger partial charge on any atom is 0.157 e. The molecule has 0 bridgehead atoms. The zero-order valence-corrected chi connectivity index (χ0v) is 35.2. The van der Waals surface area contributed by atoms with Crippen molar-refractivity contribution in [2.45, 2.75) is 113 Å². The molecule has 286 valence electrons. The first-order valence-electron chi connectivity index (χ1n) is 18.1. The average molecular weight is 810 g/mol. The van der Waals surface area contributed by atoms with Crippen LogP contribution in [0.1, 0.15) is 101 Å². The summed E-state index contributed by atoms with van der Waals surface area (Å²) in [5.74, 6) is 10.7. The third-order valence-corrected chi connectivity index (χ3v) is 13.5. The first kappa shape index (κ1) is 43.3. The molecule has 1 saturated heterocycles. The molecule has 51 heavy (non-hydrogen) atoms. The van der Waals surface area contributed by atoms with Crippen molar-refractivity contribution in [3.63, 3.8) is 0 Å². The summed E-state index contributed by atoms with van der Waals surface area (Å²) in [6, 6.07) is 12.1. The van der Waals surface area contributed by atoms with Gasteiger partial charge in [0.2, 0.25) is 0 Å². The Morgan fingerprint density at radius 3 is 1.78 bits per heavy atom.